The largest absolute Gasteiger partial charge is 0.292 e. The van der Waals surface area contributed by atoms with Crippen molar-refractivity contribution in [2.75, 3.05) is 0 Å². The molecular weight excluding hydrogens is 267 g/mol. The van der Waals surface area contributed by atoms with Crippen molar-refractivity contribution in [1.82, 2.24) is 9.55 Å². The molecule has 100 valence electrons. The fourth-order valence-electron chi connectivity index (χ4n) is 2.29. The molecule has 0 atom stereocenters. The van der Waals surface area contributed by atoms with E-state index < -0.39 is 5.82 Å². The Hall–Kier alpha value is -3.18. The van der Waals surface area contributed by atoms with Crippen molar-refractivity contribution in [2.24, 2.45) is 0 Å². The monoisotopic (exact) mass is 276 g/mol. The lowest BCUT2D eigenvalue weighted by atomic mass is 10.2. The molecule has 0 spiro atoms. The molecule has 0 saturated carbocycles. The molecule has 0 aliphatic carbocycles. The third-order valence-electron chi connectivity index (χ3n) is 3.19. The van der Waals surface area contributed by atoms with E-state index in [2.05, 4.69) is 4.98 Å². The molecule has 21 heavy (non-hydrogen) atoms. The van der Waals surface area contributed by atoms with Crippen molar-refractivity contribution < 1.29 is 4.39 Å². The Bertz CT molecular complexity index is 912. The number of halogens is 1. The Morgan fingerprint density at radius 2 is 1.95 bits per heavy atom. The average molecular weight is 276 g/mol. The van der Waals surface area contributed by atoms with Gasteiger partial charge in [0.15, 0.2) is 0 Å². The zero-order valence-electron chi connectivity index (χ0n) is 10.9. The maximum atomic E-state index is 14.3. The number of nitriles is 2. The van der Waals surface area contributed by atoms with Gasteiger partial charge in [-0.3, -0.25) is 4.57 Å². The summed E-state index contributed by atoms with van der Waals surface area (Å²) in [6, 6.07) is 15.5. The van der Waals surface area contributed by atoms with E-state index in [1.807, 2.05) is 36.4 Å². The lowest BCUT2D eigenvalue weighted by Crippen LogP contribution is -2.03. The molecule has 3 aromatic rings. The maximum absolute atomic E-state index is 14.3. The quantitative estimate of drug-likeness (QED) is 0.722. The Labute approximate surface area is 120 Å². The molecule has 0 aliphatic heterocycles. The summed E-state index contributed by atoms with van der Waals surface area (Å²) in [4.78, 5) is 4.37. The van der Waals surface area contributed by atoms with Gasteiger partial charge in [0.25, 0.3) is 0 Å². The Kier molecular flexibility index (Phi) is 3.10. The number of imidazole rings is 1. The summed E-state index contributed by atoms with van der Waals surface area (Å²) < 4.78 is 15.9. The van der Waals surface area contributed by atoms with Crippen molar-refractivity contribution in [3.63, 3.8) is 0 Å². The van der Waals surface area contributed by atoms with Gasteiger partial charge in [0.2, 0.25) is 0 Å². The second-order valence-corrected chi connectivity index (χ2v) is 4.47. The molecule has 0 unspecified atom stereocenters. The van der Waals surface area contributed by atoms with Gasteiger partial charge in [-0.25, -0.2) is 9.37 Å². The zero-order chi connectivity index (χ0) is 14.8. The first kappa shape index (κ1) is 12.8. The molecule has 0 bridgehead atoms. The molecule has 0 fully saturated rings. The lowest BCUT2D eigenvalue weighted by molar-refractivity contribution is 0.617. The lowest BCUT2D eigenvalue weighted by Gasteiger charge is -2.09. The van der Waals surface area contributed by atoms with E-state index in [0.29, 0.717) is 11.3 Å². The smallest absolute Gasteiger partial charge is 0.148 e. The fourth-order valence-corrected chi connectivity index (χ4v) is 2.29. The van der Waals surface area contributed by atoms with Crippen LogP contribution in [0.1, 0.15) is 11.4 Å². The second kappa shape index (κ2) is 5.07. The molecule has 5 heteroatoms. The van der Waals surface area contributed by atoms with Gasteiger partial charge in [0, 0.05) is 0 Å². The third kappa shape index (κ3) is 2.11. The van der Waals surface area contributed by atoms with Crippen LogP contribution in [-0.2, 0) is 6.42 Å². The third-order valence-corrected chi connectivity index (χ3v) is 3.19. The molecule has 0 saturated heterocycles. The highest BCUT2D eigenvalue weighted by molar-refractivity contribution is 5.78. The molecule has 2 aromatic carbocycles. The fraction of sp³-hybridized carbons (Fsp3) is 0.0625. The molecular formula is C16H9FN4. The van der Waals surface area contributed by atoms with Gasteiger partial charge in [-0.15, -0.1) is 0 Å². The van der Waals surface area contributed by atoms with E-state index in [1.165, 1.54) is 12.1 Å². The van der Waals surface area contributed by atoms with E-state index in [4.69, 9.17) is 10.5 Å². The highest BCUT2D eigenvalue weighted by atomic mass is 19.1. The van der Waals surface area contributed by atoms with E-state index in [9.17, 15) is 4.39 Å². The second-order valence-electron chi connectivity index (χ2n) is 4.47. The van der Waals surface area contributed by atoms with Crippen LogP contribution in [-0.4, -0.2) is 9.55 Å². The molecule has 3 rings (SSSR count). The van der Waals surface area contributed by atoms with E-state index in [1.54, 1.807) is 10.6 Å². The van der Waals surface area contributed by atoms with Gasteiger partial charge in [0.05, 0.1) is 40.8 Å². The molecule has 0 radical (unpaired) electrons. The first-order chi connectivity index (χ1) is 10.2. The van der Waals surface area contributed by atoms with Gasteiger partial charge in [-0.2, -0.15) is 10.5 Å². The molecule has 0 amide bonds. The SMILES string of the molecule is N#CCc1nc2ccccc2n1-c1ccc(C#N)cc1F. The normalized spacial score (nSPS) is 10.2. The molecule has 4 nitrogen and oxygen atoms in total. The van der Waals surface area contributed by atoms with Crippen LogP contribution in [0.3, 0.4) is 0 Å². The van der Waals surface area contributed by atoms with Crippen LogP contribution in [0.25, 0.3) is 16.7 Å². The summed E-state index contributed by atoms with van der Waals surface area (Å²) in [6.45, 7) is 0. The highest BCUT2D eigenvalue weighted by Crippen LogP contribution is 2.24. The topological polar surface area (TPSA) is 65.4 Å². The number of aromatic nitrogens is 2. The standard InChI is InChI=1S/C16H9FN4/c17-12-9-11(10-19)5-6-14(12)21-15-4-2-1-3-13(15)20-16(21)7-8-18/h1-6,9H,7H2. The minimum atomic E-state index is -0.517. The van der Waals surface area contributed by atoms with Crippen LogP contribution in [0, 0.1) is 28.5 Å². The summed E-state index contributed by atoms with van der Waals surface area (Å²) in [6.07, 6.45) is 0.0775. The highest BCUT2D eigenvalue weighted by Gasteiger charge is 2.15. The average Bonchev–Trinajstić information content (AvgIpc) is 2.85. The van der Waals surface area contributed by atoms with Crippen molar-refractivity contribution in [2.45, 2.75) is 6.42 Å². The number of rotatable bonds is 2. The minimum Gasteiger partial charge on any atom is -0.292 e. The van der Waals surface area contributed by atoms with Crippen LogP contribution in [0.2, 0.25) is 0 Å². The van der Waals surface area contributed by atoms with E-state index in [-0.39, 0.29) is 17.7 Å². The van der Waals surface area contributed by atoms with Gasteiger partial charge in [0.1, 0.15) is 11.6 Å². The molecule has 0 aliphatic rings. The first-order valence-corrected chi connectivity index (χ1v) is 6.28. The first-order valence-electron chi connectivity index (χ1n) is 6.28. The van der Waals surface area contributed by atoms with Gasteiger partial charge in [-0.1, -0.05) is 12.1 Å². The molecule has 1 heterocycles. The van der Waals surface area contributed by atoms with Gasteiger partial charge in [-0.05, 0) is 30.3 Å². The van der Waals surface area contributed by atoms with Crippen LogP contribution < -0.4 is 0 Å². The predicted molar refractivity (Wildman–Crippen MR) is 75.1 cm³/mol. The van der Waals surface area contributed by atoms with Crippen LogP contribution in [0.15, 0.2) is 42.5 Å². The van der Waals surface area contributed by atoms with Crippen molar-refractivity contribution in [3.8, 4) is 17.8 Å². The van der Waals surface area contributed by atoms with E-state index >= 15 is 0 Å². The number of hydrogen-bond acceptors (Lipinski definition) is 3. The van der Waals surface area contributed by atoms with Gasteiger partial charge < -0.3 is 0 Å². The minimum absolute atomic E-state index is 0.0775. The maximum Gasteiger partial charge on any atom is 0.148 e. The van der Waals surface area contributed by atoms with Gasteiger partial charge >= 0.3 is 0 Å². The predicted octanol–water partition coefficient (Wildman–Crippen LogP) is 3.10. The van der Waals surface area contributed by atoms with Crippen LogP contribution in [0.4, 0.5) is 4.39 Å². The Balaban J connectivity index is 2.31. The molecule has 0 N–H and O–H groups in total. The van der Waals surface area contributed by atoms with Crippen molar-refractivity contribution in [1.29, 1.82) is 10.5 Å². The summed E-state index contributed by atoms with van der Waals surface area (Å²) in [5.41, 5.74) is 1.97. The summed E-state index contributed by atoms with van der Waals surface area (Å²) in [5.74, 6) is -0.0429. The molecule has 1 aromatic heterocycles. The van der Waals surface area contributed by atoms with Crippen LogP contribution >= 0.6 is 0 Å². The van der Waals surface area contributed by atoms with Crippen molar-refractivity contribution >= 4 is 11.0 Å². The Morgan fingerprint density at radius 1 is 1.14 bits per heavy atom. The number of fused-ring (bicyclic) bond motifs is 1. The summed E-state index contributed by atoms with van der Waals surface area (Å²) in [5, 5.41) is 17.7. The van der Waals surface area contributed by atoms with E-state index in [0.717, 1.165) is 5.52 Å². The van der Waals surface area contributed by atoms with Crippen LogP contribution in [0.5, 0.6) is 0 Å². The summed E-state index contributed by atoms with van der Waals surface area (Å²) in [7, 11) is 0. The zero-order valence-corrected chi connectivity index (χ0v) is 10.9. The van der Waals surface area contributed by atoms with Crippen molar-refractivity contribution in [3.05, 3.63) is 59.7 Å². The number of para-hydroxylation sites is 2. The number of nitrogens with zero attached hydrogens (tertiary/aromatic N) is 4. The number of benzene rings is 2. The number of hydrogen-bond donors (Lipinski definition) is 0. The Morgan fingerprint density at radius 3 is 2.67 bits per heavy atom. The summed E-state index contributed by atoms with van der Waals surface area (Å²) >= 11 is 0.